The molecule has 3 heteroatoms. The summed E-state index contributed by atoms with van der Waals surface area (Å²) in [7, 11) is -1.33. The van der Waals surface area contributed by atoms with Crippen molar-refractivity contribution in [1.29, 1.82) is 0 Å². The number of unbranched alkanes of at least 4 members (excludes halogenated alkanes) is 1. The Labute approximate surface area is 98.9 Å². The van der Waals surface area contributed by atoms with E-state index in [9.17, 15) is 0 Å². The lowest BCUT2D eigenvalue weighted by Crippen LogP contribution is -2.37. The summed E-state index contributed by atoms with van der Waals surface area (Å²) in [5.74, 6) is 0. The zero-order valence-corrected chi connectivity index (χ0v) is 12.5. The summed E-state index contributed by atoms with van der Waals surface area (Å²) in [6.45, 7) is 7.82. The molecule has 0 aromatic heterocycles. The monoisotopic (exact) mass is 280 g/mol. The first kappa shape index (κ1) is 14.7. The summed E-state index contributed by atoms with van der Waals surface area (Å²) >= 11 is 3.51. The van der Waals surface area contributed by atoms with E-state index < -0.39 is 8.32 Å². The van der Waals surface area contributed by atoms with Gasteiger partial charge in [0.25, 0.3) is 0 Å². The summed E-state index contributed by atoms with van der Waals surface area (Å²) in [6, 6.07) is 3.88. The second-order valence-corrected chi connectivity index (χ2v) is 9.25. The normalized spacial score (nSPS) is 12.0. The molecule has 0 bridgehead atoms. The third kappa shape index (κ3) is 5.52. The number of halogens is 1. The van der Waals surface area contributed by atoms with Gasteiger partial charge in [-0.2, -0.15) is 0 Å². The van der Waals surface area contributed by atoms with Gasteiger partial charge in [-0.15, -0.1) is 0 Å². The van der Waals surface area contributed by atoms with E-state index in [1.807, 2.05) is 0 Å². The molecule has 0 N–H and O–H groups in total. The van der Waals surface area contributed by atoms with E-state index in [4.69, 9.17) is 4.43 Å². The topological polar surface area (TPSA) is 9.23 Å². The second kappa shape index (κ2) is 8.92. The molecule has 0 amide bonds. The lowest BCUT2D eigenvalue weighted by molar-refractivity contribution is 0.290. The van der Waals surface area contributed by atoms with Crippen LogP contribution in [0.25, 0.3) is 0 Å². The Morgan fingerprint density at radius 2 is 1.71 bits per heavy atom. The van der Waals surface area contributed by atoms with Crippen molar-refractivity contribution in [3.05, 3.63) is 0 Å². The molecule has 1 nitrogen and oxygen atoms in total. The van der Waals surface area contributed by atoms with Gasteiger partial charge in [-0.1, -0.05) is 43.1 Å². The van der Waals surface area contributed by atoms with E-state index in [0.29, 0.717) is 0 Å². The molecule has 0 spiro atoms. The SMILES string of the molecule is CCCCO[Si](CC)(CC)CCCBr. The van der Waals surface area contributed by atoms with Crippen LogP contribution in [0.1, 0.15) is 40.0 Å². The number of alkyl halides is 1. The molecular formula is C11H25BrOSi. The number of hydrogen-bond acceptors (Lipinski definition) is 1. The quantitative estimate of drug-likeness (QED) is 0.341. The minimum absolute atomic E-state index is 0.993. The zero-order chi connectivity index (χ0) is 10.9. The highest BCUT2D eigenvalue weighted by Crippen LogP contribution is 2.24. The fourth-order valence-electron chi connectivity index (χ4n) is 1.70. The van der Waals surface area contributed by atoms with Crippen molar-refractivity contribution in [1.82, 2.24) is 0 Å². The van der Waals surface area contributed by atoms with Crippen molar-refractivity contribution in [2.75, 3.05) is 11.9 Å². The van der Waals surface area contributed by atoms with Crippen molar-refractivity contribution >= 4 is 24.2 Å². The minimum atomic E-state index is -1.33. The highest BCUT2D eigenvalue weighted by Gasteiger charge is 2.29. The van der Waals surface area contributed by atoms with Crippen LogP contribution in [0.2, 0.25) is 18.1 Å². The molecule has 14 heavy (non-hydrogen) atoms. The molecule has 0 rings (SSSR count). The van der Waals surface area contributed by atoms with E-state index in [1.165, 1.54) is 37.4 Å². The maximum Gasteiger partial charge on any atom is 0.192 e. The first-order valence-corrected chi connectivity index (χ1v) is 9.59. The third-order valence-electron chi connectivity index (χ3n) is 2.96. The van der Waals surface area contributed by atoms with Crippen molar-refractivity contribution in [2.24, 2.45) is 0 Å². The molecule has 0 unspecified atom stereocenters. The van der Waals surface area contributed by atoms with Gasteiger partial charge in [-0.05, 0) is 31.0 Å². The molecule has 0 aromatic carbocycles. The average Bonchev–Trinajstić information content (AvgIpc) is 2.24. The molecule has 0 heterocycles. The molecule has 0 aromatic rings. The van der Waals surface area contributed by atoms with Crippen LogP contribution in [0, 0.1) is 0 Å². The Morgan fingerprint density at radius 1 is 1.07 bits per heavy atom. The summed E-state index contributed by atoms with van der Waals surface area (Å²) < 4.78 is 6.19. The maximum absolute atomic E-state index is 6.19. The van der Waals surface area contributed by atoms with Gasteiger partial charge in [-0.3, -0.25) is 0 Å². The predicted molar refractivity (Wildman–Crippen MR) is 70.8 cm³/mol. The summed E-state index contributed by atoms with van der Waals surface area (Å²) in [4.78, 5) is 0. The molecule has 0 fully saturated rings. The highest BCUT2D eigenvalue weighted by molar-refractivity contribution is 9.09. The van der Waals surface area contributed by atoms with E-state index in [1.54, 1.807) is 0 Å². The Balaban J connectivity index is 3.94. The maximum atomic E-state index is 6.19. The van der Waals surface area contributed by atoms with Crippen LogP contribution in [0.3, 0.4) is 0 Å². The lowest BCUT2D eigenvalue weighted by atomic mass is 10.4. The fourth-order valence-corrected chi connectivity index (χ4v) is 5.66. The summed E-state index contributed by atoms with van der Waals surface area (Å²) in [5.41, 5.74) is 0. The molecule has 0 atom stereocenters. The second-order valence-electron chi connectivity index (χ2n) is 3.88. The van der Waals surface area contributed by atoms with Gasteiger partial charge < -0.3 is 4.43 Å². The van der Waals surface area contributed by atoms with Gasteiger partial charge >= 0.3 is 0 Å². The van der Waals surface area contributed by atoms with Crippen LogP contribution in [-0.4, -0.2) is 20.3 Å². The van der Waals surface area contributed by atoms with Crippen LogP contribution in [0.5, 0.6) is 0 Å². The number of rotatable bonds is 9. The molecule has 0 saturated carbocycles. The van der Waals surface area contributed by atoms with Gasteiger partial charge in [-0.25, -0.2) is 0 Å². The third-order valence-corrected chi connectivity index (χ3v) is 8.18. The van der Waals surface area contributed by atoms with Gasteiger partial charge in [0.15, 0.2) is 8.32 Å². The van der Waals surface area contributed by atoms with E-state index in [0.717, 1.165) is 11.9 Å². The summed E-state index contributed by atoms with van der Waals surface area (Å²) in [6.07, 6.45) is 3.75. The number of hydrogen-bond donors (Lipinski definition) is 0. The van der Waals surface area contributed by atoms with Crippen LogP contribution < -0.4 is 0 Å². The molecule has 0 saturated heterocycles. The molecule has 0 radical (unpaired) electrons. The van der Waals surface area contributed by atoms with Gasteiger partial charge in [0.05, 0.1) is 0 Å². The van der Waals surface area contributed by atoms with Crippen molar-refractivity contribution < 1.29 is 4.43 Å². The smallest absolute Gasteiger partial charge is 0.192 e. The largest absolute Gasteiger partial charge is 0.417 e. The van der Waals surface area contributed by atoms with E-state index >= 15 is 0 Å². The Kier molecular flexibility index (Phi) is 9.34. The molecule has 0 aliphatic rings. The Bertz CT molecular complexity index is 126. The minimum Gasteiger partial charge on any atom is -0.417 e. The first-order chi connectivity index (χ1) is 6.74. The Morgan fingerprint density at radius 3 is 2.14 bits per heavy atom. The van der Waals surface area contributed by atoms with Crippen molar-refractivity contribution in [2.45, 2.75) is 58.2 Å². The fraction of sp³-hybridized carbons (Fsp3) is 1.00. The predicted octanol–water partition coefficient (Wildman–Crippen LogP) is 4.57. The van der Waals surface area contributed by atoms with Crippen LogP contribution in [0.4, 0.5) is 0 Å². The van der Waals surface area contributed by atoms with Gasteiger partial charge in [0, 0.05) is 11.9 Å². The van der Waals surface area contributed by atoms with Crippen molar-refractivity contribution in [3.8, 4) is 0 Å². The first-order valence-electron chi connectivity index (χ1n) is 5.94. The summed E-state index contributed by atoms with van der Waals surface area (Å²) in [5, 5.41) is 1.12. The van der Waals surface area contributed by atoms with E-state index in [-0.39, 0.29) is 0 Å². The Hall–Kier alpha value is 0.657. The average molecular weight is 281 g/mol. The molecule has 0 aliphatic heterocycles. The molecule has 86 valence electrons. The molecule has 0 aliphatic carbocycles. The highest BCUT2D eigenvalue weighted by atomic mass is 79.9. The van der Waals surface area contributed by atoms with Crippen LogP contribution in [0.15, 0.2) is 0 Å². The van der Waals surface area contributed by atoms with E-state index in [2.05, 4.69) is 36.7 Å². The van der Waals surface area contributed by atoms with Crippen molar-refractivity contribution in [3.63, 3.8) is 0 Å². The van der Waals surface area contributed by atoms with Crippen LogP contribution >= 0.6 is 15.9 Å². The van der Waals surface area contributed by atoms with Gasteiger partial charge in [0.1, 0.15) is 0 Å². The van der Waals surface area contributed by atoms with Gasteiger partial charge in [0.2, 0.25) is 0 Å². The lowest BCUT2D eigenvalue weighted by Gasteiger charge is -2.29. The zero-order valence-electron chi connectivity index (χ0n) is 9.94. The van der Waals surface area contributed by atoms with Crippen LogP contribution in [-0.2, 0) is 4.43 Å². The molecular weight excluding hydrogens is 256 g/mol. The standard InChI is InChI=1S/C11H25BrOSi/c1-4-7-10-13-14(5-2,6-3)11-8-9-12/h4-11H2,1-3H3.